The molecule has 2 aliphatic rings. The number of hydrogen-bond acceptors (Lipinski definition) is 8. The molecule has 2 amide bonds. The number of carbonyl (C=O) groups excluding carboxylic acids is 3. The molecule has 11 heteroatoms. The van der Waals surface area contributed by atoms with Gasteiger partial charge in [-0.1, -0.05) is 18.2 Å². The fourth-order valence-corrected chi connectivity index (χ4v) is 5.14. The van der Waals surface area contributed by atoms with Crippen LogP contribution in [-0.4, -0.2) is 75.4 Å². The van der Waals surface area contributed by atoms with E-state index < -0.39 is 11.9 Å². The number of ether oxygens (including phenoxy) is 1. The van der Waals surface area contributed by atoms with Gasteiger partial charge in [0.25, 0.3) is 11.8 Å². The summed E-state index contributed by atoms with van der Waals surface area (Å²) in [4.78, 5) is 56.7. The number of nitrogens with two attached hydrogens (primary N) is 1. The molecule has 2 fully saturated rings. The highest BCUT2D eigenvalue weighted by Gasteiger charge is 2.53. The molecule has 2 aromatic carbocycles. The van der Waals surface area contributed by atoms with Crippen molar-refractivity contribution in [2.75, 3.05) is 37.7 Å². The van der Waals surface area contributed by atoms with Crippen LogP contribution in [-0.2, 0) is 4.74 Å². The van der Waals surface area contributed by atoms with E-state index in [2.05, 4.69) is 19.9 Å². The first-order valence-corrected chi connectivity index (χ1v) is 12.3. The lowest BCUT2D eigenvalue weighted by atomic mass is 9.72. The number of fused-ring (bicyclic) bond motifs is 1. The molecule has 192 valence electrons. The minimum Gasteiger partial charge on any atom is -0.462 e. The van der Waals surface area contributed by atoms with Gasteiger partial charge in [-0.25, -0.2) is 19.7 Å². The quantitative estimate of drug-likeness (QED) is 0.375. The highest BCUT2D eigenvalue weighted by Crippen LogP contribution is 2.41. The molecule has 2 saturated heterocycles. The monoisotopic (exact) mass is 511 g/mol. The third kappa shape index (κ3) is 4.01. The van der Waals surface area contributed by atoms with E-state index in [0.717, 1.165) is 24.2 Å². The average molecular weight is 512 g/mol. The van der Waals surface area contributed by atoms with E-state index in [1.54, 1.807) is 31.2 Å². The molecule has 0 aliphatic carbocycles. The molecule has 2 aliphatic heterocycles. The minimum atomic E-state index is -0.532. The number of nitrogens with zero attached hydrogens (tertiary/aromatic N) is 5. The topological polar surface area (TPSA) is 147 Å². The molecule has 3 N–H and O–H groups in total. The van der Waals surface area contributed by atoms with Gasteiger partial charge in [-0.05, 0) is 31.2 Å². The molecule has 4 heterocycles. The van der Waals surface area contributed by atoms with Crippen molar-refractivity contribution in [2.24, 2.45) is 11.1 Å². The standard InChI is InChI=1S/C27H25N7O4/c1-2-38-25(37)18-10-29-26(30-11-18)34-14-27(15-34)12-33(13-27)24(36)17-8-6-16(7-9-17)23-31-20-5-3-4-19(22(28)35)21(20)32-23/h3-11H,2,12-15H2,1H3,(H2,28,35)(H,31,32). The first-order valence-electron chi connectivity index (χ1n) is 12.3. The van der Waals surface area contributed by atoms with E-state index >= 15 is 0 Å². The lowest BCUT2D eigenvalue weighted by molar-refractivity contribution is -0.0110. The van der Waals surface area contributed by atoms with Gasteiger partial charge in [0.1, 0.15) is 11.3 Å². The van der Waals surface area contributed by atoms with Crippen LogP contribution in [0.1, 0.15) is 38.0 Å². The Balaban J connectivity index is 1.06. The Morgan fingerprint density at radius 2 is 1.71 bits per heavy atom. The van der Waals surface area contributed by atoms with Gasteiger partial charge in [0.2, 0.25) is 5.95 Å². The maximum Gasteiger partial charge on any atom is 0.341 e. The Morgan fingerprint density at radius 3 is 2.37 bits per heavy atom. The highest BCUT2D eigenvalue weighted by atomic mass is 16.5. The second-order valence-electron chi connectivity index (χ2n) is 9.74. The number of para-hydroxylation sites is 1. The van der Waals surface area contributed by atoms with Crippen molar-refractivity contribution in [2.45, 2.75) is 6.92 Å². The number of rotatable bonds is 6. The normalized spacial score (nSPS) is 15.7. The lowest BCUT2D eigenvalue weighted by Gasteiger charge is -2.60. The number of likely N-dealkylation sites (tertiary alicyclic amines) is 1. The van der Waals surface area contributed by atoms with Crippen molar-refractivity contribution in [1.82, 2.24) is 24.8 Å². The summed E-state index contributed by atoms with van der Waals surface area (Å²) in [5.74, 6) is 0.183. The molecule has 0 saturated carbocycles. The van der Waals surface area contributed by atoms with Gasteiger partial charge in [-0.2, -0.15) is 0 Å². The van der Waals surface area contributed by atoms with Crippen LogP contribution in [0.25, 0.3) is 22.4 Å². The molecule has 0 radical (unpaired) electrons. The molecule has 6 rings (SSSR count). The molecule has 38 heavy (non-hydrogen) atoms. The summed E-state index contributed by atoms with van der Waals surface area (Å²) in [5, 5.41) is 0. The van der Waals surface area contributed by atoms with Crippen molar-refractivity contribution >= 4 is 34.8 Å². The van der Waals surface area contributed by atoms with E-state index in [1.807, 2.05) is 28.0 Å². The number of aromatic amines is 1. The molecule has 0 atom stereocenters. The summed E-state index contributed by atoms with van der Waals surface area (Å²) < 4.78 is 4.96. The van der Waals surface area contributed by atoms with Crippen LogP contribution in [0.15, 0.2) is 54.9 Å². The number of primary amides is 1. The fourth-order valence-electron chi connectivity index (χ4n) is 5.14. The van der Waals surface area contributed by atoms with Crippen LogP contribution in [0.2, 0.25) is 0 Å². The predicted molar refractivity (Wildman–Crippen MR) is 139 cm³/mol. The van der Waals surface area contributed by atoms with Crippen LogP contribution in [0.4, 0.5) is 5.95 Å². The van der Waals surface area contributed by atoms with E-state index in [-0.39, 0.29) is 11.3 Å². The van der Waals surface area contributed by atoms with Crippen LogP contribution in [0.3, 0.4) is 0 Å². The van der Waals surface area contributed by atoms with E-state index in [0.29, 0.717) is 53.7 Å². The van der Waals surface area contributed by atoms with Gasteiger partial charge >= 0.3 is 5.97 Å². The molecule has 2 aromatic heterocycles. The van der Waals surface area contributed by atoms with Crippen molar-refractivity contribution in [3.05, 3.63) is 71.5 Å². The fraction of sp³-hybridized carbons (Fsp3) is 0.259. The van der Waals surface area contributed by atoms with E-state index in [4.69, 9.17) is 10.5 Å². The van der Waals surface area contributed by atoms with Crippen LogP contribution >= 0.6 is 0 Å². The van der Waals surface area contributed by atoms with Crippen molar-refractivity contribution in [3.8, 4) is 11.4 Å². The molecule has 0 bridgehead atoms. The average Bonchev–Trinajstić information content (AvgIpc) is 3.32. The number of anilines is 1. The van der Waals surface area contributed by atoms with Gasteiger partial charge in [0.05, 0.1) is 23.3 Å². The Kier molecular flexibility index (Phi) is 5.55. The number of imidazole rings is 1. The first kappa shape index (κ1) is 23.6. The number of carbonyl (C=O) groups is 3. The second-order valence-corrected chi connectivity index (χ2v) is 9.74. The lowest BCUT2D eigenvalue weighted by Crippen LogP contribution is -2.73. The van der Waals surface area contributed by atoms with Gasteiger partial charge < -0.3 is 25.3 Å². The summed E-state index contributed by atoms with van der Waals surface area (Å²) in [5.41, 5.74) is 8.85. The summed E-state index contributed by atoms with van der Waals surface area (Å²) in [6, 6.07) is 12.5. The predicted octanol–water partition coefficient (Wildman–Crippen LogP) is 2.26. The van der Waals surface area contributed by atoms with Crippen molar-refractivity contribution in [1.29, 1.82) is 0 Å². The number of esters is 1. The Bertz CT molecular complexity index is 1550. The maximum atomic E-state index is 13.0. The van der Waals surface area contributed by atoms with Crippen LogP contribution < -0.4 is 10.6 Å². The van der Waals surface area contributed by atoms with Crippen LogP contribution in [0.5, 0.6) is 0 Å². The summed E-state index contributed by atoms with van der Waals surface area (Å²) >= 11 is 0. The SMILES string of the molecule is CCOC(=O)c1cnc(N2CC3(CN(C(=O)c4ccc(-c5nc6c(C(N)=O)cccc6[nH]5)cc4)C3)C2)nc1. The minimum absolute atomic E-state index is 0.0173. The Hall–Kier alpha value is -4.80. The smallest absolute Gasteiger partial charge is 0.341 e. The van der Waals surface area contributed by atoms with Gasteiger partial charge in [0.15, 0.2) is 0 Å². The molecule has 0 unspecified atom stereocenters. The zero-order chi connectivity index (χ0) is 26.4. The molecule has 4 aromatic rings. The highest BCUT2D eigenvalue weighted by molar-refractivity contribution is 6.04. The number of nitrogens with one attached hydrogen (secondary N) is 1. The largest absolute Gasteiger partial charge is 0.462 e. The second kappa shape index (κ2) is 8.94. The van der Waals surface area contributed by atoms with Gasteiger partial charge in [0, 0.05) is 55.1 Å². The Morgan fingerprint density at radius 1 is 1.00 bits per heavy atom. The van der Waals surface area contributed by atoms with Crippen LogP contribution in [0, 0.1) is 5.41 Å². The Labute approximate surface area is 217 Å². The third-order valence-electron chi connectivity index (χ3n) is 7.01. The first-order chi connectivity index (χ1) is 18.4. The van der Waals surface area contributed by atoms with E-state index in [9.17, 15) is 14.4 Å². The van der Waals surface area contributed by atoms with Gasteiger partial charge in [-0.3, -0.25) is 9.59 Å². The molecular weight excluding hydrogens is 486 g/mol. The molecule has 1 spiro atoms. The zero-order valence-corrected chi connectivity index (χ0v) is 20.7. The van der Waals surface area contributed by atoms with Crippen molar-refractivity contribution < 1.29 is 19.1 Å². The number of hydrogen-bond donors (Lipinski definition) is 2. The number of H-pyrrole nitrogens is 1. The van der Waals surface area contributed by atoms with E-state index in [1.165, 1.54) is 12.4 Å². The number of amides is 2. The summed E-state index contributed by atoms with van der Waals surface area (Å²) in [6.07, 6.45) is 2.96. The summed E-state index contributed by atoms with van der Waals surface area (Å²) in [6.45, 7) is 4.91. The molecular formula is C27H25N7O4. The third-order valence-corrected chi connectivity index (χ3v) is 7.01. The zero-order valence-electron chi connectivity index (χ0n) is 20.7. The maximum absolute atomic E-state index is 13.0. The summed E-state index contributed by atoms with van der Waals surface area (Å²) in [7, 11) is 0. The number of benzene rings is 2. The number of aromatic nitrogens is 4. The van der Waals surface area contributed by atoms with Gasteiger partial charge in [-0.15, -0.1) is 0 Å². The van der Waals surface area contributed by atoms with Crippen molar-refractivity contribution in [3.63, 3.8) is 0 Å². The molecule has 11 nitrogen and oxygen atoms in total.